The molecule has 116 valence electrons. The lowest BCUT2D eigenvalue weighted by molar-refractivity contribution is 0.256. The summed E-state index contributed by atoms with van der Waals surface area (Å²) in [5.41, 5.74) is 4.89. The summed E-state index contributed by atoms with van der Waals surface area (Å²) in [6, 6.07) is 1.32. The predicted molar refractivity (Wildman–Crippen MR) is 73.8 cm³/mol. The largest absolute Gasteiger partial charge is 0.395 e. The highest BCUT2D eigenvalue weighted by Gasteiger charge is 2.29. The molecule has 0 fully saturated rings. The van der Waals surface area contributed by atoms with Gasteiger partial charge in [0.25, 0.3) is 0 Å². The first-order valence-corrected chi connectivity index (χ1v) is 7.61. The summed E-state index contributed by atoms with van der Waals surface area (Å²) in [6.07, 6.45) is 0. The van der Waals surface area contributed by atoms with Gasteiger partial charge in [-0.15, -0.1) is 0 Å². The molecule has 0 bridgehead atoms. The van der Waals surface area contributed by atoms with Crippen LogP contribution in [-0.4, -0.2) is 44.1 Å². The Hall–Kier alpha value is -1.53. The topological polar surface area (TPSA) is 83.6 Å². The van der Waals surface area contributed by atoms with Crippen molar-refractivity contribution >= 4 is 10.0 Å². The molecule has 21 heavy (non-hydrogen) atoms. The molecule has 0 atom stereocenters. The minimum atomic E-state index is -4.23. The normalized spacial score (nSPS) is 11.3. The van der Waals surface area contributed by atoms with Gasteiger partial charge in [-0.1, -0.05) is 18.8 Å². The van der Waals surface area contributed by atoms with E-state index >= 15 is 0 Å². The van der Waals surface area contributed by atoms with Gasteiger partial charge in [-0.2, -0.15) is 4.31 Å². The van der Waals surface area contributed by atoms with Crippen LogP contribution in [0.1, 0.15) is 12.5 Å². The van der Waals surface area contributed by atoms with E-state index in [9.17, 15) is 17.2 Å². The van der Waals surface area contributed by atoms with E-state index in [0.717, 1.165) is 10.4 Å². The van der Waals surface area contributed by atoms with Gasteiger partial charge in [0.1, 0.15) is 16.5 Å². The zero-order valence-corrected chi connectivity index (χ0v) is 12.3. The van der Waals surface area contributed by atoms with Crippen molar-refractivity contribution in [1.82, 2.24) is 4.31 Å². The molecule has 1 aromatic rings. The molecule has 0 saturated carbocycles. The first-order chi connectivity index (χ1) is 9.88. The second-order valence-electron chi connectivity index (χ2n) is 3.99. The molecule has 1 aromatic carbocycles. The highest BCUT2D eigenvalue weighted by atomic mass is 32.2. The molecule has 0 unspecified atom stereocenters. The smallest absolute Gasteiger partial charge is 0.247 e. The number of nitrogens with two attached hydrogens (primary N) is 1. The maximum atomic E-state index is 14.0. The summed E-state index contributed by atoms with van der Waals surface area (Å²) in [6.45, 7) is 0.883. The van der Waals surface area contributed by atoms with E-state index in [1.54, 1.807) is 6.92 Å². The molecule has 3 N–H and O–H groups in total. The molecule has 0 heterocycles. The molecule has 0 aliphatic rings. The van der Waals surface area contributed by atoms with Gasteiger partial charge >= 0.3 is 0 Å². The van der Waals surface area contributed by atoms with Crippen LogP contribution in [0.2, 0.25) is 0 Å². The van der Waals surface area contributed by atoms with Gasteiger partial charge in [0, 0.05) is 19.2 Å². The molecule has 0 aliphatic heterocycles. The van der Waals surface area contributed by atoms with Crippen molar-refractivity contribution in [1.29, 1.82) is 0 Å². The summed E-state index contributed by atoms with van der Waals surface area (Å²) >= 11 is 0. The fourth-order valence-corrected chi connectivity index (χ4v) is 3.36. The lowest BCUT2D eigenvalue weighted by Crippen LogP contribution is -2.34. The van der Waals surface area contributed by atoms with E-state index in [4.69, 9.17) is 10.8 Å². The first kappa shape index (κ1) is 17.5. The van der Waals surface area contributed by atoms with Gasteiger partial charge in [-0.3, -0.25) is 0 Å². The number of benzene rings is 1. The third-order valence-corrected chi connectivity index (χ3v) is 4.68. The molecule has 8 heteroatoms. The van der Waals surface area contributed by atoms with Crippen LogP contribution in [0, 0.1) is 23.5 Å². The van der Waals surface area contributed by atoms with E-state index in [2.05, 4.69) is 11.8 Å². The van der Waals surface area contributed by atoms with E-state index in [1.165, 1.54) is 0 Å². The Morgan fingerprint density at radius 3 is 2.57 bits per heavy atom. The van der Waals surface area contributed by atoms with E-state index in [1.807, 2.05) is 0 Å². The molecule has 0 saturated heterocycles. The van der Waals surface area contributed by atoms with E-state index < -0.39 is 33.2 Å². The van der Waals surface area contributed by atoms with Crippen LogP contribution in [0.25, 0.3) is 0 Å². The molecule has 5 nitrogen and oxygen atoms in total. The molecule has 0 aromatic heterocycles. The van der Waals surface area contributed by atoms with Gasteiger partial charge in [-0.25, -0.2) is 17.2 Å². The summed E-state index contributed by atoms with van der Waals surface area (Å²) in [4.78, 5) is -0.708. The summed E-state index contributed by atoms with van der Waals surface area (Å²) in [7, 11) is -4.23. The van der Waals surface area contributed by atoms with Crippen molar-refractivity contribution in [2.45, 2.75) is 11.8 Å². The Kier molecular flexibility index (Phi) is 6.23. The summed E-state index contributed by atoms with van der Waals surface area (Å²) in [5, 5.41) is 8.90. The second kappa shape index (κ2) is 7.47. The summed E-state index contributed by atoms with van der Waals surface area (Å²) in [5.74, 6) is 2.57. The number of aliphatic hydroxyl groups excluding tert-OH is 1. The van der Waals surface area contributed by atoms with Gasteiger partial charge in [0.15, 0.2) is 0 Å². The second-order valence-corrected chi connectivity index (χ2v) is 5.87. The highest BCUT2D eigenvalue weighted by molar-refractivity contribution is 7.89. The lowest BCUT2D eigenvalue weighted by Gasteiger charge is -2.20. The van der Waals surface area contributed by atoms with E-state index in [-0.39, 0.29) is 25.2 Å². The zero-order chi connectivity index (χ0) is 16.0. The Balaban J connectivity index is 3.53. The van der Waals surface area contributed by atoms with Crippen LogP contribution in [0.15, 0.2) is 17.0 Å². The third-order valence-electron chi connectivity index (χ3n) is 2.63. The van der Waals surface area contributed by atoms with Crippen molar-refractivity contribution in [3.05, 3.63) is 29.3 Å². The quantitative estimate of drug-likeness (QED) is 0.764. The molecule has 0 aliphatic carbocycles. The Morgan fingerprint density at radius 2 is 2.05 bits per heavy atom. The number of hydrogen-bond donors (Lipinski definition) is 2. The predicted octanol–water partition coefficient (Wildman–Crippen LogP) is 0.278. The number of likely N-dealkylation sites (N-methyl/N-ethyl adjacent to an activating group) is 1. The first-order valence-electron chi connectivity index (χ1n) is 6.17. The third kappa shape index (κ3) is 3.98. The average molecular weight is 318 g/mol. The Bertz CT molecular complexity index is 666. The van der Waals surface area contributed by atoms with Crippen LogP contribution < -0.4 is 5.73 Å². The molecule has 0 radical (unpaired) electrons. The maximum absolute atomic E-state index is 14.0. The fourth-order valence-electron chi connectivity index (χ4n) is 1.75. The van der Waals surface area contributed by atoms with Crippen molar-refractivity contribution in [2.24, 2.45) is 5.73 Å². The summed E-state index contributed by atoms with van der Waals surface area (Å²) < 4.78 is 53.0. The molecule has 1 rings (SSSR count). The number of nitrogens with zero attached hydrogens (tertiary/aromatic N) is 1. The van der Waals surface area contributed by atoms with E-state index in [0.29, 0.717) is 6.07 Å². The van der Waals surface area contributed by atoms with Crippen molar-refractivity contribution in [2.75, 3.05) is 26.2 Å². The number of rotatable bonds is 5. The minimum absolute atomic E-state index is 0.0312. The standard InChI is InChI=1S/C13H16F2N2O3S/c1-2-17(6-7-18)21(19,20)13-10(4-3-5-16)8-11(14)9-12(13)15/h8-9,18H,2,5-7,16H2,1H3. The Morgan fingerprint density at radius 1 is 1.38 bits per heavy atom. The molecule has 0 amide bonds. The van der Waals surface area contributed by atoms with Gasteiger partial charge < -0.3 is 10.8 Å². The Labute approximate surface area is 122 Å². The van der Waals surface area contributed by atoms with Gasteiger partial charge in [0.2, 0.25) is 10.0 Å². The highest BCUT2D eigenvalue weighted by Crippen LogP contribution is 2.24. The van der Waals surface area contributed by atoms with Crippen LogP contribution >= 0.6 is 0 Å². The van der Waals surface area contributed by atoms with Crippen LogP contribution in [0.4, 0.5) is 8.78 Å². The maximum Gasteiger partial charge on any atom is 0.247 e. The number of aliphatic hydroxyl groups is 1. The lowest BCUT2D eigenvalue weighted by atomic mass is 10.2. The molecular weight excluding hydrogens is 302 g/mol. The average Bonchev–Trinajstić information content (AvgIpc) is 2.40. The van der Waals surface area contributed by atoms with Crippen molar-refractivity contribution in [3.63, 3.8) is 0 Å². The number of halogens is 2. The SMILES string of the molecule is CCN(CCO)S(=O)(=O)c1c(F)cc(F)cc1C#CCN. The van der Waals surface area contributed by atoms with Crippen molar-refractivity contribution < 1.29 is 22.3 Å². The fraction of sp³-hybridized carbons (Fsp3) is 0.385. The van der Waals surface area contributed by atoms with Crippen LogP contribution in [-0.2, 0) is 10.0 Å². The number of hydrogen-bond acceptors (Lipinski definition) is 4. The minimum Gasteiger partial charge on any atom is -0.395 e. The van der Waals surface area contributed by atoms with Crippen molar-refractivity contribution in [3.8, 4) is 11.8 Å². The molecular formula is C13H16F2N2O3S. The monoisotopic (exact) mass is 318 g/mol. The molecule has 0 spiro atoms. The van der Waals surface area contributed by atoms with Crippen LogP contribution in [0.3, 0.4) is 0 Å². The van der Waals surface area contributed by atoms with Crippen LogP contribution in [0.5, 0.6) is 0 Å². The van der Waals surface area contributed by atoms with Gasteiger partial charge in [-0.05, 0) is 6.07 Å². The number of sulfonamides is 1. The van der Waals surface area contributed by atoms with Gasteiger partial charge in [0.05, 0.1) is 18.7 Å². The zero-order valence-electron chi connectivity index (χ0n) is 11.4.